The largest absolute Gasteiger partial charge is 0.435 e. The van der Waals surface area contributed by atoms with Gasteiger partial charge < -0.3 is 14.2 Å². The van der Waals surface area contributed by atoms with Crippen LogP contribution in [-0.2, 0) is 5.54 Å². The molecule has 0 N–H and O–H groups in total. The van der Waals surface area contributed by atoms with E-state index in [1.54, 1.807) is 6.07 Å². The number of aryl methyl sites for hydroxylation is 1. The van der Waals surface area contributed by atoms with E-state index < -0.39 is 12.4 Å². The Morgan fingerprint density at radius 3 is 2.79 bits per heavy atom. The van der Waals surface area contributed by atoms with Gasteiger partial charge >= 0.3 is 0 Å². The van der Waals surface area contributed by atoms with Gasteiger partial charge in [-0.25, -0.2) is 4.98 Å². The van der Waals surface area contributed by atoms with Crippen molar-refractivity contribution in [1.29, 1.82) is 0 Å². The molecule has 5 nitrogen and oxygen atoms in total. The molecule has 0 saturated carbocycles. The molecule has 8 rings (SSSR count). The summed E-state index contributed by atoms with van der Waals surface area (Å²) in [5.41, 5.74) is 6.40. The molecule has 0 fully saturated rings. The quantitative estimate of drug-likeness (QED) is 0.326. The van der Waals surface area contributed by atoms with Crippen molar-refractivity contribution in [1.82, 2.24) is 9.88 Å². The Bertz CT molecular complexity index is 1740. The van der Waals surface area contributed by atoms with Crippen LogP contribution >= 0.6 is 0 Å². The van der Waals surface area contributed by atoms with Crippen LogP contribution in [0.5, 0.6) is 0 Å². The molecule has 3 aliphatic rings. The fraction of sp³-hybridized carbons (Fsp3) is 0.143. The molecule has 5 heteroatoms. The second-order valence-electron chi connectivity index (χ2n) is 9.00. The summed E-state index contributed by atoms with van der Waals surface area (Å²) in [6.45, 7) is -2.29. The van der Waals surface area contributed by atoms with Gasteiger partial charge in [0, 0.05) is 57.7 Å². The number of aromatic nitrogens is 2. The second-order valence-corrected chi connectivity index (χ2v) is 9.00. The molecule has 33 heavy (non-hydrogen) atoms. The molecule has 0 saturated heterocycles. The van der Waals surface area contributed by atoms with Crippen molar-refractivity contribution in [2.45, 2.75) is 18.6 Å². The molecule has 5 aromatic rings. The molecule has 1 spiro atoms. The molecule has 6 heterocycles. The maximum absolute atomic E-state index is 7.77. The minimum Gasteiger partial charge on any atom is -0.435 e. The highest BCUT2D eigenvalue weighted by Gasteiger charge is 2.67. The van der Waals surface area contributed by atoms with Crippen LogP contribution in [0.25, 0.3) is 33.3 Å². The van der Waals surface area contributed by atoms with Crippen molar-refractivity contribution in [2.75, 3.05) is 11.9 Å². The summed E-state index contributed by atoms with van der Waals surface area (Å²) in [6.07, 6.45) is 6.34. The second kappa shape index (κ2) is 5.62. The third kappa shape index (κ3) is 1.83. The van der Waals surface area contributed by atoms with Crippen LogP contribution in [0.2, 0.25) is 0 Å². The number of anilines is 1. The summed E-state index contributed by atoms with van der Waals surface area (Å²) in [5.74, 6) is 0. The van der Waals surface area contributed by atoms with Crippen LogP contribution in [0.3, 0.4) is 0 Å². The van der Waals surface area contributed by atoms with E-state index in [2.05, 4.69) is 99.6 Å². The molecular weight excluding hydrogens is 408 g/mol. The number of hydrogen-bond acceptors (Lipinski definition) is 4. The zero-order chi connectivity index (χ0) is 24.4. The number of pyridine rings is 2. The van der Waals surface area contributed by atoms with Crippen LogP contribution in [0.1, 0.15) is 20.9 Å². The Morgan fingerprint density at radius 2 is 1.85 bits per heavy atom. The predicted molar refractivity (Wildman–Crippen MR) is 128 cm³/mol. The van der Waals surface area contributed by atoms with Crippen molar-refractivity contribution < 1.29 is 13.1 Å². The summed E-state index contributed by atoms with van der Waals surface area (Å²) < 4.78 is 32.1. The average molecular weight is 433 g/mol. The predicted octanol–water partition coefficient (Wildman–Crippen LogP) is 4.91. The van der Waals surface area contributed by atoms with Crippen LogP contribution < -0.4 is 9.47 Å². The normalized spacial score (nSPS) is 23.5. The van der Waals surface area contributed by atoms with Gasteiger partial charge in [-0.2, -0.15) is 4.57 Å². The Hall–Kier alpha value is -4.12. The number of nitrogens with zero attached hydrogens (tertiary/aromatic N) is 4. The Labute approximate surface area is 195 Å². The zero-order valence-electron chi connectivity index (χ0n) is 20.9. The molecule has 2 atom stereocenters. The average Bonchev–Trinajstić information content (AvgIpc) is 3.59. The highest BCUT2D eigenvalue weighted by molar-refractivity contribution is 6.09. The van der Waals surface area contributed by atoms with E-state index in [0.717, 1.165) is 27.6 Å². The van der Waals surface area contributed by atoms with Gasteiger partial charge in [-0.1, -0.05) is 18.2 Å². The van der Waals surface area contributed by atoms with E-state index in [9.17, 15) is 0 Å². The number of furan rings is 1. The highest BCUT2D eigenvalue weighted by atomic mass is 16.3. The standard InChI is InChI=1S/C28H21N4O/c1-17-10-11-19-18-12-13-22-24(25(18)33-26(19)29-17)31-16-15-30(2)27(31)28(22)21-8-4-3-7-20(21)23-9-5-6-14-32(23)28/h3-16,27H,1-2H3/q+1/i1D3. The molecule has 0 radical (unpaired) electrons. The van der Waals surface area contributed by atoms with E-state index in [-0.39, 0.29) is 11.9 Å². The van der Waals surface area contributed by atoms with Gasteiger partial charge in [0.25, 0.3) is 5.54 Å². The molecule has 0 aliphatic carbocycles. The summed E-state index contributed by atoms with van der Waals surface area (Å²) in [4.78, 5) is 8.93. The smallest absolute Gasteiger partial charge is 0.260 e. The fourth-order valence-corrected chi connectivity index (χ4v) is 6.32. The zero-order valence-corrected chi connectivity index (χ0v) is 17.9. The lowest BCUT2D eigenvalue weighted by atomic mass is 9.81. The van der Waals surface area contributed by atoms with Crippen molar-refractivity contribution in [3.63, 3.8) is 0 Å². The number of rotatable bonds is 0. The molecular formula is C28H21N4O+. The third-order valence-corrected chi connectivity index (χ3v) is 7.49. The van der Waals surface area contributed by atoms with E-state index in [4.69, 9.17) is 8.53 Å². The van der Waals surface area contributed by atoms with E-state index >= 15 is 0 Å². The third-order valence-electron chi connectivity index (χ3n) is 7.49. The monoisotopic (exact) mass is 432 g/mol. The Kier molecular flexibility index (Phi) is 2.53. The number of benzene rings is 2. The van der Waals surface area contributed by atoms with Crippen molar-refractivity contribution in [3.8, 4) is 11.3 Å². The van der Waals surface area contributed by atoms with Gasteiger partial charge in [0.2, 0.25) is 11.4 Å². The Morgan fingerprint density at radius 1 is 0.970 bits per heavy atom. The molecule has 3 aliphatic heterocycles. The SMILES string of the molecule is [2H]C([2H])([2H])c1ccc2c(n1)oc1c3c(ccc12)C1(c2ccccc2-c2cccc[n+]21)C1N(C)C=CN31. The summed E-state index contributed by atoms with van der Waals surface area (Å²) in [5, 5.41) is 1.74. The van der Waals surface area contributed by atoms with Gasteiger partial charge in [-0.3, -0.25) is 0 Å². The maximum Gasteiger partial charge on any atom is 0.260 e. The highest BCUT2D eigenvalue weighted by Crippen LogP contribution is 2.57. The molecule has 3 aromatic heterocycles. The Balaban J connectivity index is 1.50. The van der Waals surface area contributed by atoms with Gasteiger partial charge in [0.15, 0.2) is 17.9 Å². The minimum atomic E-state index is -2.29. The van der Waals surface area contributed by atoms with Crippen molar-refractivity contribution in [3.05, 3.63) is 102 Å². The van der Waals surface area contributed by atoms with Crippen LogP contribution in [0.4, 0.5) is 5.69 Å². The lowest BCUT2D eigenvalue weighted by molar-refractivity contribution is -0.731. The van der Waals surface area contributed by atoms with Gasteiger partial charge in [-0.05, 0) is 43.3 Å². The molecule has 0 amide bonds. The van der Waals surface area contributed by atoms with Gasteiger partial charge in [-0.15, -0.1) is 0 Å². The van der Waals surface area contributed by atoms with Crippen molar-refractivity contribution in [2.24, 2.45) is 0 Å². The number of hydrogen-bond donors (Lipinski definition) is 0. The lowest BCUT2D eigenvalue weighted by Gasteiger charge is -2.33. The molecule has 0 bridgehead atoms. The number of fused-ring (bicyclic) bond motifs is 14. The first kappa shape index (κ1) is 14.9. The first-order valence-corrected chi connectivity index (χ1v) is 11.1. The summed E-state index contributed by atoms with van der Waals surface area (Å²) in [6, 6.07) is 22.7. The first-order chi connectivity index (χ1) is 17.4. The van der Waals surface area contributed by atoms with Crippen molar-refractivity contribution >= 4 is 27.8 Å². The first-order valence-electron chi connectivity index (χ1n) is 12.6. The lowest BCUT2D eigenvalue weighted by Crippen LogP contribution is -2.65. The topological polar surface area (TPSA) is 36.4 Å². The van der Waals surface area contributed by atoms with Gasteiger partial charge in [0.1, 0.15) is 0 Å². The minimum absolute atomic E-state index is 0.0352. The molecule has 2 unspecified atom stereocenters. The fourth-order valence-electron chi connectivity index (χ4n) is 6.32. The molecule has 2 aromatic carbocycles. The van der Waals surface area contributed by atoms with Crippen LogP contribution in [0.15, 0.2) is 89.7 Å². The summed E-state index contributed by atoms with van der Waals surface area (Å²) >= 11 is 0. The van der Waals surface area contributed by atoms with Crippen LogP contribution in [0, 0.1) is 6.85 Å². The van der Waals surface area contributed by atoms with E-state index in [0.29, 0.717) is 5.71 Å². The summed E-state index contributed by atoms with van der Waals surface area (Å²) in [7, 11) is 2.11. The molecule has 158 valence electrons. The van der Waals surface area contributed by atoms with E-state index in [1.165, 1.54) is 16.8 Å². The number of likely N-dealkylation sites (N-methyl/N-ethyl adjacent to an activating group) is 1. The van der Waals surface area contributed by atoms with E-state index in [1.807, 2.05) is 6.07 Å². The maximum atomic E-state index is 7.77. The van der Waals surface area contributed by atoms with Gasteiger partial charge in [0.05, 0.1) is 16.8 Å². The van der Waals surface area contributed by atoms with Crippen LogP contribution in [-0.4, -0.2) is 23.1 Å².